The Morgan fingerprint density at radius 2 is 2.54 bits per heavy atom. The van der Waals surface area contributed by atoms with Gasteiger partial charge < -0.3 is 15.4 Å². The number of hydrogen-bond acceptors (Lipinski definition) is 3. The fourth-order valence-electron chi connectivity index (χ4n) is 1.04. The van der Waals surface area contributed by atoms with Crippen LogP contribution in [-0.4, -0.2) is 38.3 Å². The van der Waals surface area contributed by atoms with Gasteiger partial charge in [-0.3, -0.25) is 4.79 Å². The number of morpholine rings is 1. The lowest BCUT2D eigenvalue weighted by molar-refractivity contribution is -0.125. The van der Waals surface area contributed by atoms with Crippen molar-refractivity contribution in [2.45, 2.75) is 6.04 Å². The predicted octanol–water partition coefficient (Wildman–Crippen LogP) is -0.157. The fourth-order valence-corrected chi connectivity index (χ4v) is 1.11. The average molecular weight is 205 g/mol. The van der Waals surface area contributed by atoms with Crippen LogP contribution in [0.15, 0.2) is 11.6 Å². The van der Waals surface area contributed by atoms with Crippen molar-refractivity contribution in [3.8, 4) is 0 Å². The summed E-state index contributed by atoms with van der Waals surface area (Å²) < 4.78 is 5.13. The molecule has 5 heteroatoms. The first-order chi connectivity index (χ1) is 6.20. The van der Waals surface area contributed by atoms with Crippen LogP contribution in [0.3, 0.4) is 0 Å². The SMILES string of the molecule is C=C(Cl)CNC(=O)C1COCCN1. The summed E-state index contributed by atoms with van der Waals surface area (Å²) in [5.74, 6) is -0.0958. The second-order valence-electron chi connectivity index (χ2n) is 2.82. The molecule has 1 atom stereocenters. The zero-order valence-corrected chi connectivity index (χ0v) is 8.06. The smallest absolute Gasteiger partial charge is 0.239 e. The third kappa shape index (κ3) is 3.76. The molecule has 1 heterocycles. The normalized spacial score (nSPS) is 22.4. The van der Waals surface area contributed by atoms with E-state index in [9.17, 15) is 4.79 Å². The van der Waals surface area contributed by atoms with Crippen LogP contribution in [-0.2, 0) is 9.53 Å². The Bertz CT molecular complexity index is 202. The summed E-state index contributed by atoms with van der Waals surface area (Å²) in [6.07, 6.45) is 0. The first kappa shape index (κ1) is 10.5. The van der Waals surface area contributed by atoms with Crippen LogP contribution in [0.5, 0.6) is 0 Å². The van der Waals surface area contributed by atoms with Gasteiger partial charge in [0.1, 0.15) is 6.04 Å². The number of rotatable bonds is 3. The van der Waals surface area contributed by atoms with E-state index in [1.807, 2.05) is 0 Å². The maximum atomic E-state index is 11.3. The molecule has 0 saturated carbocycles. The molecule has 13 heavy (non-hydrogen) atoms. The second kappa shape index (κ2) is 5.21. The number of ether oxygens (including phenoxy) is 1. The summed E-state index contributed by atoms with van der Waals surface area (Å²) in [7, 11) is 0. The van der Waals surface area contributed by atoms with Gasteiger partial charge in [0.15, 0.2) is 0 Å². The second-order valence-corrected chi connectivity index (χ2v) is 3.35. The van der Waals surface area contributed by atoms with Gasteiger partial charge in [-0.15, -0.1) is 0 Å². The monoisotopic (exact) mass is 204 g/mol. The molecule has 0 aromatic rings. The van der Waals surface area contributed by atoms with Gasteiger partial charge in [0.05, 0.1) is 19.8 Å². The number of halogens is 1. The Kier molecular flexibility index (Phi) is 4.21. The van der Waals surface area contributed by atoms with E-state index in [1.54, 1.807) is 0 Å². The topological polar surface area (TPSA) is 50.4 Å². The molecule has 0 aromatic heterocycles. The van der Waals surface area contributed by atoms with Gasteiger partial charge in [-0.1, -0.05) is 18.2 Å². The Morgan fingerprint density at radius 1 is 1.77 bits per heavy atom. The lowest BCUT2D eigenvalue weighted by Gasteiger charge is -2.22. The van der Waals surface area contributed by atoms with Crippen molar-refractivity contribution in [2.24, 2.45) is 0 Å². The van der Waals surface area contributed by atoms with Crippen LogP contribution < -0.4 is 10.6 Å². The molecule has 1 rings (SSSR count). The van der Waals surface area contributed by atoms with E-state index in [0.29, 0.717) is 31.3 Å². The van der Waals surface area contributed by atoms with Gasteiger partial charge in [-0.05, 0) is 0 Å². The summed E-state index contributed by atoms with van der Waals surface area (Å²) >= 11 is 5.50. The predicted molar refractivity (Wildman–Crippen MR) is 50.6 cm³/mol. The molecule has 2 N–H and O–H groups in total. The van der Waals surface area contributed by atoms with Gasteiger partial charge in [0.25, 0.3) is 0 Å². The molecule has 4 nitrogen and oxygen atoms in total. The molecule has 1 aliphatic rings. The molecule has 0 aliphatic carbocycles. The van der Waals surface area contributed by atoms with Crippen LogP contribution in [0.1, 0.15) is 0 Å². The van der Waals surface area contributed by atoms with Gasteiger partial charge >= 0.3 is 0 Å². The molecule has 0 bridgehead atoms. The highest BCUT2D eigenvalue weighted by Crippen LogP contribution is 1.95. The van der Waals surface area contributed by atoms with E-state index in [0.717, 1.165) is 0 Å². The number of hydrogen-bond donors (Lipinski definition) is 2. The number of nitrogens with one attached hydrogen (secondary N) is 2. The minimum Gasteiger partial charge on any atom is -0.378 e. The molecule has 1 aliphatic heterocycles. The highest BCUT2D eigenvalue weighted by Gasteiger charge is 2.20. The lowest BCUT2D eigenvalue weighted by atomic mass is 10.2. The van der Waals surface area contributed by atoms with Crippen LogP contribution in [0.25, 0.3) is 0 Å². The lowest BCUT2D eigenvalue weighted by Crippen LogP contribution is -2.51. The summed E-state index contributed by atoms with van der Waals surface area (Å²) in [4.78, 5) is 11.3. The summed E-state index contributed by atoms with van der Waals surface area (Å²) in [6, 6.07) is -0.259. The molecule has 1 unspecified atom stereocenters. The van der Waals surface area contributed by atoms with E-state index in [-0.39, 0.29) is 11.9 Å². The zero-order chi connectivity index (χ0) is 9.68. The van der Waals surface area contributed by atoms with E-state index in [4.69, 9.17) is 16.3 Å². The summed E-state index contributed by atoms with van der Waals surface area (Å²) in [6.45, 7) is 5.56. The van der Waals surface area contributed by atoms with Gasteiger partial charge in [0, 0.05) is 11.6 Å². The largest absolute Gasteiger partial charge is 0.378 e. The van der Waals surface area contributed by atoms with Crippen LogP contribution in [0, 0.1) is 0 Å². The van der Waals surface area contributed by atoms with Gasteiger partial charge in [-0.2, -0.15) is 0 Å². The molecular formula is C8H13ClN2O2. The summed E-state index contributed by atoms with van der Waals surface area (Å²) in [5, 5.41) is 6.09. The molecule has 0 radical (unpaired) electrons. The highest BCUT2D eigenvalue weighted by molar-refractivity contribution is 6.29. The molecular weight excluding hydrogens is 192 g/mol. The van der Waals surface area contributed by atoms with Gasteiger partial charge in [-0.25, -0.2) is 0 Å². The van der Waals surface area contributed by atoms with Crippen LogP contribution in [0.4, 0.5) is 0 Å². The quantitative estimate of drug-likeness (QED) is 0.672. The first-order valence-corrected chi connectivity index (χ1v) is 4.50. The Labute approximate surface area is 82.3 Å². The van der Waals surface area contributed by atoms with Crippen molar-refractivity contribution in [3.63, 3.8) is 0 Å². The fraction of sp³-hybridized carbons (Fsp3) is 0.625. The van der Waals surface area contributed by atoms with Crippen molar-refractivity contribution in [3.05, 3.63) is 11.6 Å². The van der Waals surface area contributed by atoms with Crippen LogP contribution in [0.2, 0.25) is 0 Å². The Balaban J connectivity index is 2.25. The maximum absolute atomic E-state index is 11.3. The Morgan fingerprint density at radius 3 is 3.08 bits per heavy atom. The summed E-state index contributed by atoms with van der Waals surface area (Å²) in [5.41, 5.74) is 0. The number of amides is 1. The minimum atomic E-state index is -0.259. The molecule has 1 saturated heterocycles. The Hall–Kier alpha value is -0.580. The van der Waals surface area contributed by atoms with Crippen LogP contribution >= 0.6 is 11.6 Å². The minimum absolute atomic E-state index is 0.0958. The van der Waals surface area contributed by atoms with Crippen molar-refractivity contribution < 1.29 is 9.53 Å². The zero-order valence-electron chi connectivity index (χ0n) is 7.31. The standard InChI is InChI=1S/C8H13ClN2O2/c1-6(9)4-11-8(12)7-5-13-3-2-10-7/h7,10H,1-5H2,(H,11,12). The highest BCUT2D eigenvalue weighted by atomic mass is 35.5. The first-order valence-electron chi connectivity index (χ1n) is 4.12. The third-order valence-electron chi connectivity index (χ3n) is 1.69. The van der Waals surface area contributed by atoms with Crippen molar-refractivity contribution in [1.82, 2.24) is 10.6 Å². The maximum Gasteiger partial charge on any atom is 0.239 e. The average Bonchev–Trinajstić information content (AvgIpc) is 2.15. The third-order valence-corrected chi connectivity index (χ3v) is 1.83. The van der Waals surface area contributed by atoms with Crippen molar-refractivity contribution in [1.29, 1.82) is 0 Å². The van der Waals surface area contributed by atoms with Crippen molar-refractivity contribution >= 4 is 17.5 Å². The van der Waals surface area contributed by atoms with E-state index >= 15 is 0 Å². The van der Waals surface area contributed by atoms with E-state index in [2.05, 4.69) is 17.2 Å². The molecule has 0 aromatic carbocycles. The molecule has 1 fully saturated rings. The van der Waals surface area contributed by atoms with Crippen molar-refractivity contribution in [2.75, 3.05) is 26.3 Å². The number of carbonyl (C=O) groups excluding carboxylic acids is 1. The number of carbonyl (C=O) groups is 1. The molecule has 0 spiro atoms. The van der Waals surface area contributed by atoms with E-state index in [1.165, 1.54) is 0 Å². The van der Waals surface area contributed by atoms with Gasteiger partial charge in [0.2, 0.25) is 5.91 Å². The molecule has 74 valence electrons. The van der Waals surface area contributed by atoms with E-state index < -0.39 is 0 Å². The molecule has 1 amide bonds.